The lowest BCUT2D eigenvalue weighted by Gasteiger charge is -2.16. The van der Waals surface area contributed by atoms with E-state index in [9.17, 15) is 9.90 Å². The SMILES string of the molecule is O=C(O)CC(c1ccccc1)c1ccc(-c2cccc(Cl)c2)cc1. The maximum absolute atomic E-state index is 11.3. The first-order valence-electron chi connectivity index (χ1n) is 7.76. The number of carbonyl (C=O) groups is 1. The summed E-state index contributed by atoms with van der Waals surface area (Å²) in [5, 5.41) is 9.95. The molecular weight excluding hydrogens is 320 g/mol. The second-order valence-electron chi connectivity index (χ2n) is 5.69. The van der Waals surface area contributed by atoms with Crippen LogP contribution in [0.1, 0.15) is 23.5 Å². The molecule has 0 saturated heterocycles. The first-order chi connectivity index (χ1) is 11.6. The Bertz CT molecular complexity index is 826. The summed E-state index contributed by atoms with van der Waals surface area (Å²) in [5.74, 6) is -0.958. The van der Waals surface area contributed by atoms with Gasteiger partial charge in [-0.2, -0.15) is 0 Å². The van der Waals surface area contributed by atoms with Crippen molar-refractivity contribution in [1.29, 1.82) is 0 Å². The summed E-state index contributed by atoms with van der Waals surface area (Å²) in [7, 11) is 0. The van der Waals surface area contributed by atoms with Gasteiger partial charge in [0, 0.05) is 10.9 Å². The van der Waals surface area contributed by atoms with Gasteiger partial charge < -0.3 is 5.11 Å². The summed E-state index contributed by atoms with van der Waals surface area (Å²) in [4.78, 5) is 11.3. The summed E-state index contributed by atoms with van der Waals surface area (Å²) in [6.07, 6.45) is 0.0700. The number of carboxylic acid groups (broad SMARTS) is 1. The molecule has 0 bridgehead atoms. The van der Waals surface area contributed by atoms with Crippen LogP contribution in [-0.4, -0.2) is 11.1 Å². The minimum absolute atomic E-state index is 0.0700. The molecule has 3 heteroatoms. The molecule has 24 heavy (non-hydrogen) atoms. The third-order valence-corrected chi connectivity index (χ3v) is 4.29. The molecule has 0 heterocycles. The van der Waals surface area contributed by atoms with Crippen molar-refractivity contribution in [2.24, 2.45) is 0 Å². The van der Waals surface area contributed by atoms with Gasteiger partial charge in [-0.3, -0.25) is 4.79 Å². The first-order valence-corrected chi connectivity index (χ1v) is 8.14. The summed E-state index contributed by atoms with van der Waals surface area (Å²) in [5.41, 5.74) is 4.11. The molecule has 0 saturated carbocycles. The number of halogens is 1. The average molecular weight is 337 g/mol. The van der Waals surface area contributed by atoms with Crippen LogP contribution in [-0.2, 0) is 4.79 Å². The molecule has 0 aromatic heterocycles. The molecule has 0 radical (unpaired) electrons. The van der Waals surface area contributed by atoms with E-state index in [4.69, 9.17) is 11.6 Å². The van der Waals surface area contributed by atoms with Gasteiger partial charge in [-0.25, -0.2) is 0 Å². The highest BCUT2D eigenvalue weighted by Crippen LogP contribution is 2.30. The molecule has 3 aromatic carbocycles. The summed E-state index contributed by atoms with van der Waals surface area (Å²) in [6, 6.07) is 25.5. The Morgan fingerprint density at radius 3 is 2.12 bits per heavy atom. The Balaban J connectivity index is 1.93. The topological polar surface area (TPSA) is 37.3 Å². The lowest BCUT2D eigenvalue weighted by atomic mass is 9.88. The summed E-state index contributed by atoms with van der Waals surface area (Å²) >= 11 is 6.05. The molecule has 0 fully saturated rings. The molecule has 0 spiro atoms. The van der Waals surface area contributed by atoms with Crippen molar-refractivity contribution in [3.05, 3.63) is 95.0 Å². The average Bonchev–Trinajstić information content (AvgIpc) is 2.60. The quantitative estimate of drug-likeness (QED) is 0.657. The van der Waals surface area contributed by atoms with Gasteiger partial charge in [-0.1, -0.05) is 78.3 Å². The van der Waals surface area contributed by atoms with Gasteiger partial charge in [0.1, 0.15) is 0 Å². The van der Waals surface area contributed by atoms with E-state index in [-0.39, 0.29) is 12.3 Å². The van der Waals surface area contributed by atoms with E-state index in [1.807, 2.05) is 78.9 Å². The second-order valence-corrected chi connectivity index (χ2v) is 6.13. The number of benzene rings is 3. The van der Waals surface area contributed by atoms with Crippen molar-refractivity contribution < 1.29 is 9.90 Å². The third-order valence-electron chi connectivity index (χ3n) is 4.05. The van der Waals surface area contributed by atoms with Crippen molar-refractivity contribution in [2.45, 2.75) is 12.3 Å². The highest BCUT2D eigenvalue weighted by atomic mass is 35.5. The van der Waals surface area contributed by atoms with Gasteiger partial charge in [-0.15, -0.1) is 0 Å². The van der Waals surface area contributed by atoms with Crippen LogP contribution < -0.4 is 0 Å². The van der Waals surface area contributed by atoms with E-state index < -0.39 is 5.97 Å². The monoisotopic (exact) mass is 336 g/mol. The Hall–Kier alpha value is -2.58. The molecule has 0 aliphatic heterocycles. The summed E-state index contributed by atoms with van der Waals surface area (Å²) in [6.45, 7) is 0. The zero-order valence-electron chi connectivity index (χ0n) is 13.0. The highest BCUT2D eigenvalue weighted by molar-refractivity contribution is 6.30. The number of hydrogen-bond donors (Lipinski definition) is 1. The van der Waals surface area contributed by atoms with Crippen molar-refractivity contribution in [3.63, 3.8) is 0 Å². The summed E-state index contributed by atoms with van der Waals surface area (Å²) < 4.78 is 0. The van der Waals surface area contributed by atoms with E-state index in [1.165, 1.54) is 0 Å². The number of rotatable bonds is 5. The van der Waals surface area contributed by atoms with Crippen LogP contribution in [0.5, 0.6) is 0 Å². The van der Waals surface area contributed by atoms with Crippen LogP contribution in [0.15, 0.2) is 78.9 Å². The van der Waals surface area contributed by atoms with Crippen molar-refractivity contribution in [3.8, 4) is 11.1 Å². The molecule has 0 aliphatic rings. The number of carboxylic acids is 1. The lowest BCUT2D eigenvalue weighted by molar-refractivity contribution is -0.137. The maximum Gasteiger partial charge on any atom is 0.304 e. The minimum Gasteiger partial charge on any atom is -0.481 e. The molecule has 0 amide bonds. The van der Waals surface area contributed by atoms with E-state index in [0.717, 1.165) is 22.3 Å². The molecule has 0 aliphatic carbocycles. The standard InChI is InChI=1S/C21H17ClO2/c22-19-8-4-7-18(13-19)15-9-11-17(12-10-15)20(14-21(23)24)16-5-2-1-3-6-16/h1-13,20H,14H2,(H,23,24). The van der Waals surface area contributed by atoms with Gasteiger partial charge in [0.15, 0.2) is 0 Å². The molecule has 120 valence electrons. The van der Waals surface area contributed by atoms with E-state index in [0.29, 0.717) is 5.02 Å². The van der Waals surface area contributed by atoms with Gasteiger partial charge in [0.05, 0.1) is 6.42 Å². The van der Waals surface area contributed by atoms with Gasteiger partial charge in [0.25, 0.3) is 0 Å². The van der Waals surface area contributed by atoms with Crippen molar-refractivity contribution in [2.75, 3.05) is 0 Å². The molecule has 3 aromatic rings. The van der Waals surface area contributed by atoms with Crippen LogP contribution in [0, 0.1) is 0 Å². The zero-order chi connectivity index (χ0) is 16.9. The van der Waals surface area contributed by atoms with Crippen LogP contribution in [0.2, 0.25) is 5.02 Å². The lowest BCUT2D eigenvalue weighted by Crippen LogP contribution is -2.07. The van der Waals surface area contributed by atoms with Crippen LogP contribution in [0.3, 0.4) is 0 Å². The zero-order valence-corrected chi connectivity index (χ0v) is 13.8. The fourth-order valence-electron chi connectivity index (χ4n) is 2.86. The van der Waals surface area contributed by atoms with E-state index in [2.05, 4.69) is 0 Å². The molecule has 1 atom stereocenters. The molecule has 3 rings (SSSR count). The van der Waals surface area contributed by atoms with Crippen LogP contribution >= 0.6 is 11.6 Å². The highest BCUT2D eigenvalue weighted by Gasteiger charge is 2.17. The number of aliphatic carboxylic acids is 1. The molecular formula is C21H17ClO2. The molecule has 1 N–H and O–H groups in total. The van der Waals surface area contributed by atoms with E-state index in [1.54, 1.807) is 0 Å². The van der Waals surface area contributed by atoms with Gasteiger partial charge >= 0.3 is 5.97 Å². The maximum atomic E-state index is 11.3. The van der Waals surface area contributed by atoms with Crippen molar-refractivity contribution >= 4 is 17.6 Å². The normalized spacial score (nSPS) is 11.9. The third kappa shape index (κ3) is 3.84. The van der Waals surface area contributed by atoms with Crippen molar-refractivity contribution in [1.82, 2.24) is 0 Å². The fourth-order valence-corrected chi connectivity index (χ4v) is 3.05. The Morgan fingerprint density at radius 1 is 0.833 bits per heavy atom. The van der Waals surface area contributed by atoms with Crippen LogP contribution in [0.4, 0.5) is 0 Å². The fraction of sp³-hybridized carbons (Fsp3) is 0.0952. The predicted octanol–water partition coefficient (Wildman–Crippen LogP) is 5.61. The van der Waals surface area contributed by atoms with Gasteiger partial charge in [0.2, 0.25) is 0 Å². The molecule has 1 unspecified atom stereocenters. The predicted molar refractivity (Wildman–Crippen MR) is 97.4 cm³/mol. The smallest absolute Gasteiger partial charge is 0.304 e. The Morgan fingerprint density at radius 2 is 1.50 bits per heavy atom. The largest absolute Gasteiger partial charge is 0.481 e. The van der Waals surface area contributed by atoms with E-state index >= 15 is 0 Å². The molecule has 2 nitrogen and oxygen atoms in total. The first kappa shape index (κ1) is 16.3. The second kappa shape index (κ2) is 7.33. The Kier molecular flexibility index (Phi) is 4.97. The van der Waals surface area contributed by atoms with Gasteiger partial charge in [-0.05, 0) is 34.4 Å². The minimum atomic E-state index is -0.803. The Labute approximate surface area is 146 Å². The number of hydrogen-bond acceptors (Lipinski definition) is 1. The van der Waals surface area contributed by atoms with Crippen LogP contribution in [0.25, 0.3) is 11.1 Å².